The van der Waals surface area contributed by atoms with Gasteiger partial charge in [0.05, 0.1) is 19.8 Å². The molecular formula is C16H20N2O4. The van der Waals surface area contributed by atoms with Crippen LogP contribution < -0.4 is 14.8 Å². The van der Waals surface area contributed by atoms with Crippen LogP contribution in [-0.2, 0) is 6.54 Å². The third-order valence-corrected chi connectivity index (χ3v) is 2.91. The molecule has 22 heavy (non-hydrogen) atoms. The summed E-state index contributed by atoms with van der Waals surface area (Å²) in [6, 6.07) is 6.91. The van der Waals surface area contributed by atoms with Crippen molar-refractivity contribution in [2.24, 2.45) is 0 Å². The molecule has 2 aromatic rings. The Bertz CT molecular complexity index is 637. The van der Waals surface area contributed by atoms with E-state index in [0.29, 0.717) is 48.3 Å². The van der Waals surface area contributed by atoms with Crippen molar-refractivity contribution < 1.29 is 18.8 Å². The van der Waals surface area contributed by atoms with E-state index in [-0.39, 0.29) is 5.91 Å². The summed E-state index contributed by atoms with van der Waals surface area (Å²) in [7, 11) is 0. The zero-order valence-electron chi connectivity index (χ0n) is 13.0. The highest BCUT2D eigenvalue weighted by Crippen LogP contribution is 2.28. The maximum absolute atomic E-state index is 12.2. The van der Waals surface area contributed by atoms with Gasteiger partial charge in [-0.15, -0.1) is 0 Å². The van der Waals surface area contributed by atoms with Gasteiger partial charge in [-0.05, 0) is 39.0 Å². The Balaban J connectivity index is 2.06. The van der Waals surface area contributed by atoms with E-state index in [1.807, 2.05) is 13.8 Å². The van der Waals surface area contributed by atoms with Crippen LogP contribution in [0.5, 0.6) is 11.5 Å². The van der Waals surface area contributed by atoms with Crippen LogP contribution in [0.25, 0.3) is 0 Å². The highest BCUT2D eigenvalue weighted by atomic mass is 16.5. The fourth-order valence-corrected chi connectivity index (χ4v) is 1.97. The van der Waals surface area contributed by atoms with E-state index >= 15 is 0 Å². The number of rotatable bonds is 7. The zero-order valence-corrected chi connectivity index (χ0v) is 13.0. The van der Waals surface area contributed by atoms with E-state index < -0.39 is 0 Å². The van der Waals surface area contributed by atoms with Crippen LogP contribution in [0.4, 0.5) is 0 Å². The molecule has 6 heteroatoms. The topological polar surface area (TPSA) is 73.6 Å². The molecule has 1 aromatic carbocycles. The normalized spacial score (nSPS) is 10.3. The fourth-order valence-electron chi connectivity index (χ4n) is 1.97. The number of carbonyl (C=O) groups is 1. The first-order valence-electron chi connectivity index (χ1n) is 7.24. The first-order valence-corrected chi connectivity index (χ1v) is 7.24. The smallest absolute Gasteiger partial charge is 0.251 e. The molecule has 0 aliphatic heterocycles. The van der Waals surface area contributed by atoms with Crippen molar-refractivity contribution in [2.75, 3.05) is 13.2 Å². The predicted octanol–water partition coefficient (Wildman–Crippen LogP) is 2.71. The lowest BCUT2D eigenvalue weighted by Crippen LogP contribution is -2.23. The third-order valence-electron chi connectivity index (χ3n) is 2.91. The number of hydrogen-bond donors (Lipinski definition) is 1. The average Bonchev–Trinajstić information content (AvgIpc) is 2.92. The molecule has 0 fully saturated rings. The van der Waals surface area contributed by atoms with Crippen molar-refractivity contribution in [3.63, 3.8) is 0 Å². The lowest BCUT2D eigenvalue weighted by atomic mass is 10.2. The van der Waals surface area contributed by atoms with Crippen LogP contribution in [-0.4, -0.2) is 24.3 Å². The number of aryl methyl sites for hydroxylation is 1. The van der Waals surface area contributed by atoms with E-state index in [9.17, 15) is 4.79 Å². The number of ether oxygens (including phenoxy) is 2. The van der Waals surface area contributed by atoms with Crippen LogP contribution in [0.3, 0.4) is 0 Å². The monoisotopic (exact) mass is 304 g/mol. The zero-order chi connectivity index (χ0) is 15.9. The van der Waals surface area contributed by atoms with Crippen molar-refractivity contribution >= 4 is 5.91 Å². The standard InChI is InChI=1S/C16H20N2O4/c1-4-20-14-7-6-12(9-15(14)21-5-2)16(19)17-10-13-8-11(3)22-18-13/h6-9H,4-5,10H2,1-3H3,(H,17,19). The van der Waals surface area contributed by atoms with Gasteiger partial charge in [0.15, 0.2) is 11.5 Å². The minimum Gasteiger partial charge on any atom is -0.490 e. The van der Waals surface area contributed by atoms with Crippen molar-refractivity contribution in [3.05, 3.63) is 41.3 Å². The second-order valence-corrected chi connectivity index (χ2v) is 4.64. The van der Waals surface area contributed by atoms with Crippen LogP contribution in [0.2, 0.25) is 0 Å². The van der Waals surface area contributed by atoms with Crippen LogP contribution >= 0.6 is 0 Å². The molecule has 0 aliphatic carbocycles. The molecule has 6 nitrogen and oxygen atoms in total. The summed E-state index contributed by atoms with van der Waals surface area (Å²) in [6.45, 7) is 6.94. The van der Waals surface area contributed by atoms with E-state index in [4.69, 9.17) is 14.0 Å². The van der Waals surface area contributed by atoms with Gasteiger partial charge in [-0.3, -0.25) is 4.79 Å². The van der Waals surface area contributed by atoms with Gasteiger partial charge in [0.25, 0.3) is 5.91 Å². The van der Waals surface area contributed by atoms with Crippen LogP contribution in [0, 0.1) is 6.92 Å². The maximum atomic E-state index is 12.2. The molecule has 118 valence electrons. The molecule has 1 aromatic heterocycles. The fraction of sp³-hybridized carbons (Fsp3) is 0.375. The lowest BCUT2D eigenvalue weighted by molar-refractivity contribution is 0.0949. The molecule has 0 aliphatic rings. The molecule has 0 unspecified atom stereocenters. The summed E-state index contributed by atoms with van der Waals surface area (Å²) in [5.74, 6) is 1.70. The largest absolute Gasteiger partial charge is 0.490 e. The summed E-state index contributed by atoms with van der Waals surface area (Å²) < 4.78 is 15.9. The summed E-state index contributed by atoms with van der Waals surface area (Å²) in [5, 5.41) is 6.62. The Morgan fingerprint density at radius 2 is 1.91 bits per heavy atom. The van der Waals surface area contributed by atoms with Crippen LogP contribution in [0.1, 0.15) is 35.7 Å². The molecule has 0 saturated heterocycles. The molecular weight excluding hydrogens is 284 g/mol. The first kappa shape index (κ1) is 15.9. The molecule has 0 saturated carbocycles. The Kier molecular flexibility index (Phi) is 5.41. The van der Waals surface area contributed by atoms with Crippen LogP contribution in [0.15, 0.2) is 28.8 Å². The van der Waals surface area contributed by atoms with E-state index in [1.165, 1.54) is 0 Å². The van der Waals surface area contributed by atoms with E-state index in [0.717, 1.165) is 0 Å². The highest BCUT2D eigenvalue weighted by molar-refractivity contribution is 5.94. The molecule has 1 heterocycles. The minimum absolute atomic E-state index is 0.204. The maximum Gasteiger partial charge on any atom is 0.251 e. The SMILES string of the molecule is CCOc1ccc(C(=O)NCc2cc(C)on2)cc1OCC. The van der Waals surface area contributed by atoms with Gasteiger partial charge >= 0.3 is 0 Å². The van der Waals surface area contributed by atoms with E-state index in [1.54, 1.807) is 31.2 Å². The van der Waals surface area contributed by atoms with Crippen molar-refractivity contribution in [2.45, 2.75) is 27.3 Å². The number of amides is 1. The number of carbonyl (C=O) groups excluding carboxylic acids is 1. The molecule has 0 bridgehead atoms. The Labute approximate surface area is 129 Å². The molecule has 0 radical (unpaired) electrons. The second-order valence-electron chi connectivity index (χ2n) is 4.64. The van der Waals surface area contributed by atoms with Gasteiger partial charge in [0, 0.05) is 11.6 Å². The van der Waals surface area contributed by atoms with Gasteiger partial charge in [-0.2, -0.15) is 0 Å². The van der Waals surface area contributed by atoms with Crippen molar-refractivity contribution in [1.82, 2.24) is 10.5 Å². The number of benzene rings is 1. The number of aromatic nitrogens is 1. The number of hydrogen-bond acceptors (Lipinski definition) is 5. The summed E-state index contributed by atoms with van der Waals surface area (Å²) in [4.78, 5) is 12.2. The predicted molar refractivity (Wildman–Crippen MR) is 81.2 cm³/mol. The minimum atomic E-state index is -0.204. The molecule has 1 N–H and O–H groups in total. The van der Waals surface area contributed by atoms with Gasteiger partial charge < -0.3 is 19.3 Å². The lowest BCUT2D eigenvalue weighted by Gasteiger charge is -2.12. The summed E-state index contributed by atoms with van der Waals surface area (Å²) in [6.07, 6.45) is 0. The van der Waals surface area contributed by atoms with Gasteiger partial charge in [0.1, 0.15) is 11.5 Å². The molecule has 2 rings (SSSR count). The van der Waals surface area contributed by atoms with Gasteiger partial charge in [0.2, 0.25) is 0 Å². The highest BCUT2D eigenvalue weighted by Gasteiger charge is 2.12. The summed E-state index contributed by atoms with van der Waals surface area (Å²) >= 11 is 0. The molecule has 0 spiro atoms. The second kappa shape index (κ2) is 7.49. The molecule has 0 atom stereocenters. The van der Waals surface area contributed by atoms with E-state index in [2.05, 4.69) is 10.5 Å². The third kappa shape index (κ3) is 4.00. The first-order chi connectivity index (χ1) is 10.6. The van der Waals surface area contributed by atoms with Gasteiger partial charge in [-0.25, -0.2) is 0 Å². The molecule has 1 amide bonds. The van der Waals surface area contributed by atoms with Crippen molar-refractivity contribution in [1.29, 1.82) is 0 Å². The van der Waals surface area contributed by atoms with Crippen molar-refractivity contribution in [3.8, 4) is 11.5 Å². The average molecular weight is 304 g/mol. The van der Waals surface area contributed by atoms with Gasteiger partial charge in [-0.1, -0.05) is 5.16 Å². The number of nitrogens with zero attached hydrogens (tertiary/aromatic N) is 1. The Morgan fingerprint density at radius 1 is 1.18 bits per heavy atom. The Hall–Kier alpha value is -2.50. The quantitative estimate of drug-likeness (QED) is 0.851. The Morgan fingerprint density at radius 3 is 2.55 bits per heavy atom. The summed E-state index contributed by atoms with van der Waals surface area (Å²) in [5.41, 5.74) is 1.19. The number of nitrogens with one attached hydrogen (secondary N) is 1.